The van der Waals surface area contributed by atoms with Gasteiger partial charge in [0.25, 0.3) is 0 Å². The third-order valence-corrected chi connectivity index (χ3v) is 7.06. The lowest BCUT2D eigenvalue weighted by Crippen LogP contribution is -2.19. The van der Waals surface area contributed by atoms with E-state index in [0.717, 1.165) is 22.0 Å². The lowest BCUT2D eigenvalue weighted by Gasteiger charge is -2.32. The highest BCUT2D eigenvalue weighted by atomic mass is 31.2. The number of rotatable bonds is 8. The van der Waals surface area contributed by atoms with Crippen LogP contribution in [0.4, 0.5) is 5.69 Å². The zero-order chi connectivity index (χ0) is 21.9. The molecular weight excluding hydrogens is 397 g/mol. The van der Waals surface area contributed by atoms with Gasteiger partial charge in [0.2, 0.25) is 0 Å². The second-order valence-electron chi connectivity index (χ2n) is 7.98. The highest BCUT2D eigenvalue weighted by Crippen LogP contribution is 2.64. The fraction of sp³-hybridized carbons (Fsp3) is 0.333. The molecule has 3 aromatic carbocycles. The van der Waals surface area contributed by atoms with Crippen LogP contribution in [0, 0.1) is 6.92 Å². The fourth-order valence-corrected chi connectivity index (χ4v) is 5.79. The van der Waals surface area contributed by atoms with E-state index in [2.05, 4.69) is 5.32 Å². The number of hydrogen-bond acceptors (Lipinski definition) is 5. The maximum absolute atomic E-state index is 14.2. The predicted octanol–water partition coefficient (Wildman–Crippen LogP) is 7.01. The Morgan fingerprint density at radius 2 is 1.47 bits per heavy atom. The van der Waals surface area contributed by atoms with Crippen LogP contribution in [-0.4, -0.2) is 17.3 Å². The standard InChI is InChI=1S/C24H30NO4P/c1-16(2)28-30(27,29-17(3)4)24(25-20-13-10-18(5)11-14-20)23-21-9-7-6-8-19(21)12-15-22(23)26/h6-17,24-26H,1-5H3. The highest BCUT2D eigenvalue weighted by Gasteiger charge is 2.41. The number of benzene rings is 3. The van der Waals surface area contributed by atoms with Gasteiger partial charge in [-0.25, -0.2) is 0 Å². The van der Waals surface area contributed by atoms with Crippen LogP contribution in [0.2, 0.25) is 0 Å². The van der Waals surface area contributed by atoms with Gasteiger partial charge in [0.15, 0.2) is 5.78 Å². The lowest BCUT2D eigenvalue weighted by molar-refractivity contribution is 0.138. The van der Waals surface area contributed by atoms with Crippen LogP contribution < -0.4 is 5.32 Å². The first-order chi connectivity index (χ1) is 14.2. The smallest absolute Gasteiger partial charge is 0.357 e. The summed E-state index contributed by atoms with van der Waals surface area (Å²) in [7, 11) is -3.74. The highest BCUT2D eigenvalue weighted by molar-refractivity contribution is 7.54. The van der Waals surface area contributed by atoms with E-state index < -0.39 is 13.4 Å². The molecule has 5 nitrogen and oxygen atoms in total. The van der Waals surface area contributed by atoms with Gasteiger partial charge < -0.3 is 19.5 Å². The minimum atomic E-state index is -3.74. The Labute approximate surface area is 178 Å². The van der Waals surface area contributed by atoms with Crippen LogP contribution in [0.1, 0.15) is 44.6 Å². The van der Waals surface area contributed by atoms with Gasteiger partial charge in [-0.3, -0.25) is 4.57 Å². The molecule has 160 valence electrons. The van der Waals surface area contributed by atoms with E-state index in [9.17, 15) is 9.67 Å². The third-order valence-electron chi connectivity index (χ3n) is 4.61. The van der Waals surface area contributed by atoms with Gasteiger partial charge in [0.05, 0.1) is 12.2 Å². The summed E-state index contributed by atoms with van der Waals surface area (Å²) < 4.78 is 26.0. The number of phenols is 1. The van der Waals surface area contributed by atoms with Gasteiger partial charge in [-0.1, -0.05) is 48.0 Å². The molecule has 0 aromatic heterocycles. The van der Waals surface area contributed by atoms with E-state index in [0.29, 0.717) is 5.56 Å². The van der Waals surface area contributed by atoms with Crippen molar-refractivity contribution in [1.29, 1.82) is 0 Å². The quantitative estimate of drug-likeness (QED) is 0.379. The van der Waals surface area contributed by atoms with E-state index in [1.807, 2.05) is 89.2 Å². The molecule has 0 aliphatic rings. The van der Waals surface area contributed by atoms with Gasteiger partial charge >= 0.3 is 7.60 Å². The van der Waals surface area contributed by atoms with Crippen molar-refractivity contribution in [2.45, 2.75) is 52.6 Å². The minimum absolute atomic E-state index is 0.0400. The maximum atomic E-state index is 14.2. The average molecular weight is 427 g/mol. The van der Waals surface area contributed by atoms with E-state index in [1.165, 1.54) is 0 Å². The number of aryl methyl sites for hydroxylation is 1. The van der Waals surface area contributed by atoms with Crippen molar-refractivity contribution in [2.75, 3.05) is 5.32 Å². The Kier molecular flexibility index (Phi) is 6.87. The number of hydrogen-bond donors (Lipinski definition) is 2. The Morgan fingerprint density at radius 3 is 2.07 bits per heavy atom. The molecule has 0 amide bonds. The molecule has 0 saturated heterocycles. The fourth-order valence-electron chi connectivity index (χ4n) is 3.42. The molecule has 0 bridgehead atoms. The van der Waals surface area contributed by atoms with Gasteiger partial charge in [0, 0.05) is 11.3 Å². The molecular formula is C24H30NO4P. The monoisotopic (exact) mass is 427 g/mol. The summed E-state index contributed by atoms with van der Waals surface area (Å²) in [6.07, 6.45) is -0.650. The van der Waals surface area contributed by atoms with Crippen LogP contribution in [-0.2, 0) is 13.6 Å². The molecule has 6 heteroatoms. The second-order valence-corrected chi connectivity index (χ2v) is 10.00. The van der Waals surface area contributed by atoms with Crippen LogP contribution in [0.25, 0.3) is 10.8 Å². The molecule has 0 spiro atoms. The Hall–Kier alpha value is -2.33. The zero-order valence-electron chi connectivity index (χ0n) is 18.1. The maximum Gasteiger partial charge on any atom is 0.357 e. The van der Waals surface area contributed by atoms with Crippen molar-refractivity contribution in [3.8, 4) is 5.75 Å². The van der Waals surface area contributed by atoms with Gasteiger partial charge in [-0.05, 0) is 63.6 Å². The normalized spacial score (nSPS) is 13.2. The van der Waals surface area contributed by atoms with Gasteiger partial charge in [0.1, 0.15) is 5.75 Å². The van der Waals surface area contributed by atoms with E-state index in [1.54, 1.807) is 6.07 Å². The first-order valence-electron chi connectivity index (χ1n) is 10.2. The summed E-state index contributed by atoms with van der Waals surface area (Å²) >= 11 is 0. The molecule has 2 N–H and O–H groups in total. The number of nitrogens with one attached hydrogen (secondary N) is 1. The summed E-state index contributed by atoms with van der Waals surface area (Å²) in [5, 5.41) is 15.9. The first-order valence-corrected chi connectivity index (χ1v) is 11.8. The molecule has 30 heavy (non-hydrogen) atoms. The summed E-state index contributed by atoms with van der Waals surface area (Å²) in [6, 6.07) is 18.9. The summed E-state index contributed by atoms with van der Waals surface area (Å²) in [5.41, 5.74) is 2.38. The molecule has 0 aliphatic heterocycles. The molecule has 1 unspecified atom stereocenters. The van der Waals surface area contributed by atoms with Crippen molar-refractivity contribution < 1.29 is 18.7 Å². The number of anilines is 1. The molecule has 3 rings (SSSR count). The number of fused-ring (bicyclic) bond motifs is 1. The molecule has 0 radical (unpaired) electrons. The number of phenolic OH excluding ortho intramolecular Hbond substituents is 1. The van der Waals surface area contributed by atoms with Crippen LogP contribution in [0.5, 0.6) is 5.75 Å². The zero-order valence-corrected chi connectivity index (χ0v) is 19.0. The molecule has 1 atom stereocenters. The third kappa shape index (κ3) is 5.04. The molecule has 0 saturated carbocycles. The molecule has 0 heterocycles. The second kappa shape index (κ2) is 9.22. The topological polar surface area (TPSA) is 67.8 Å². The lowest BCUT2D eigenvalue weighted by atomic mass is 10.0. The largest absolute Gasteiger partial charge is 0.508 e. The number of aromatic hydroxyl groups is 1. The molecule has 0 aliphatic carbocycles. The van der Waals surface area contributed by atoms with E-state index in [-0.39, 0.29) is 18.0 Å². The van der Waals surface area contributed by atoms with Crippen molar-refractivity contribution in [1.82, 2.24) is 0 Å². The van der Waals surface area contributed by atoms with Crippen LogP contribution >= 0.6 is 7.60 Å². The van der Waals surface area contributed by atoms with E-state index in [4.69, 9.17) is 9.05 Å². The van der Waals surface area contributed by atoms with Crippen molar-refractivity contribution in [3.63, 3.8) is 0 Å². The Bertz CT molecular complexity index is 1030. The van der Waals surface area contributed by atoms with E-state index >= 15 is 0 Å². The van der Waals surface area contributed by atoms with Crippen LogP contribution in [0.3, 0.4) is 0 Å². The Morgan fingerprint density at radius 1 is 0.867 bits per heavy atom. The van der Waals surface area contributed by atoms with Crippen LogP contribution in [0.15, 0.2) is 60.7 Å². The molecule has 3 aromatic rings. The predicted molar refractivity (Wildman–Crippen MR) is 123 cm³/mol. The summed E-state index contributed by atoms with van der Waals surface area (Å²) in [5.74, 6) is -0.852. The first kappa shape index (κ1) is 22.4. The van der Waals surface area contributed by atoms with Crippen molar-refractivity contribution in [2.24, 2.45) is 0 Å². The van der Waals surface area contributed by atoms with Gasteiger partial charge in [-0.2, -0.15) is 0 Å². The molecule has 0 fully saturated rings. The minimum Gasteiger partial charge on any atom is -0.508 e. The summed E-state index contributed by atoms with van der Waals surface area (Å²) in [4.78, 5) is 0. The average Bonchev–Trinajstić information content (AvgIpc) is 2.67. The SMILES string of the molecule is Cc1ccc(NC(c2c(O)ccc3ccccc23)P(=O)(OC(C)C)OC(C)C)cc1. The summed E-state index contributed by atoms with van der Waals surface area (Å²) in [6.45, 7) is 9.29. The van der Waals surface area contributed by atoms with Crippen molar-refractivity contribution in [3.05, 3.63) is 71.8 Å². The van der Waals surface area contributed by atoms with Gasteiger partial charge in [-0.15, -0.1) is 0 Å². The van der Waals surface area contributed by atoms with Crippen molar-refractivity contribution >= 4 is 24.1 Å². The Balaban J connectivity index is 2.22.